The molecule has 0 atom stereocenters. The molecular formula is C12H23N5O. The van der Waals surface area contributed by atoms with E-state index in [1.54, 1.807) is 13.2 Å². The molecule has 18 heavy (non-hydrogen) atoms. The number of ether oxygens (including phenoxy) is 1. The number of rotatable bonds is 9. The molecule has 0 aliphatic rings. The minimum absolute atomic E-state index is 0.375. The third kappa shape index (κ3) is 5.29. The second-order valence-electron chi connectivity index (χ2n) is 4.12. The number of hydrogen-bond acceptors (Lipinski definition) is 6. The van der Waals surface area contributed by atoms with Gasteiger partial charge < -0.3 is 15.5 Å². The van der Waals surface area contributed by atoms with Crippen LogP contribution in [0.4, 0.5) is 11.6 Å². The molecule has 1 rings (SSSR count). The normalized spacial score (nSPS) is 10.4. The Bertz CT molecular complexity index is 345. The zero-order chi connectivity index (χ0) is 13.2. The Morgan fingerprint density at radius 1 is 1.22 bits per heavy atom. The summed E-state index contributed by atoms with van der Waals surface area (Å²) in [6.07, 6.45) is 4.90. The van der Waals surface area contributed by atoms with Gasteiger partial charge in [-0.25, -0.2) is 15.8 Å². The molecule has 6 heteroatoms. The van der Waals surface area contributed by atoms with E-state index < -0.39 is 0 Å². The summed E-state index contributed by atoms with van der Waals surface area (Å²) in [7, 11) is 1.61. The first kappa shape index (κ1) is 14.7. The number of anilines is 2. The van der Waals surface area contributed by atoms with E-state index in [0.29, 0.717) is 18.2 Å². The number of hydrogen-bond donors (Lipinski definition) is 3. The summed E-state index contributed by atoms with van der Waals surface area (Å²) in [6, 6.07) is 1.79. The maximum absolute atomic E-state index is 5.37. The van der Waals surface area contributed by atoms with Crippen LogP contribution in [0.15, 0.2) is 6.07 Å². The molecule has 6 nitrogen and oxygen atoms in total. The Kier molecular flexibility index (Phi) is 7.05. The molecule has 0 spiro atoms. The average molecular weight is 253 g/mol. The largest absolute Gasteiger partial charge is 0.377 e. The van der Waals surface area contributed by atoms with Gasteiger partial charge in [-0.3, -0.25) is 0 Å². The van der Waals surface area contributed by atoms with E-state index in [1.807, 2.05) is 0 Å². The van der Waals surface area contributed by atoms with Crippen molar-refractivity contribution in [1.29, 1.82) is 0 Å². The van der Waals surface area contributed by atoms with Gasteiger partial charge in [-0.1, -0.05) is 26.2 Å². The number of unbranched alkanes of at least 4 members (excludes halogenated alkanes) is 3. The van der Waals surface area contributed by atoms with Gasteiger partial charge in [0.25, 0.3) is 0 Å². The number of nitrogen functional groups attached to an aromatic ring is 1. The molecule has 0 saturated carbocycles. The van der Waals surface area contributed by atoms with E-state index in [1.165, 1.54) is 19.3 Å². The van der Waals surface area contributed by atoms with Crippen LogP contribution in [0.5, 0.6) is 0 Å². The lowest BCUT2D eigenvalue weighted by molar-refractivity contribution is 0.178. The zero-order valence-corrected chi connectivity index (χ0v) is 11.2. The summed E-state index contributed by atoms with van der Waals surface area (Å²) in [5.41, 5.74) is 2.53. The van der Waals surface area contributed by atoms with E-state index in [9.17, 15) is 0 Å². The summed E-state index contributed by atoms with van der Waals surface area (Å²) in [6.45, 7) is 3.49. The van der Waals surface area contributed by atoms with Gasteiger partial charge in [-0.05, 0) is 6.42 Å². The molecule has 1 heterocycles. The van der Waals surface area contributed by atoms with Gasteiger partial charge in [-0.2, -0.15) is 0 Å². The smallest absolute Gasteiger partial charge is 0.158 e. The highest BCUT2D eigenvalue weighted by Gasteiger charge is 2.03. The van der Waals surface area contributed by atoms with Gasteiger partial charge >= 0.3 is 0 Å². The van der Waals surface area contributed by atoms with Crippen LogP contribution in [-0.2, 0) is 11.3 Å². The monoisotopic (exact) mass is 253 g/mol. The van der Waals surface area contributed by atoms with Crippen LogP contribution in [0.3, 0.4) is 0 Å². The van der Waals surface area contributed by atoms with Crippen LogP contribution >= 0.6 is 0 Å². The zero-order valence-electron chi connectivity index (χ0n) is 11.2. The molecule has 0 fully saturated rings. The van der Waals surface area contributed by atoms with Gasteiger partial charge in [0.2, 0.25) is 0 Å². The minimum atomic E-state index is 0.375. The minimum Gasteiger partial charge on any atom is -0.377 e. The number of aromatic nitrogens is 2. The summed E-state index contributed by atoms with van der Waals surface area (Å²) in [5, 5.41) is 3.27. The van der Waals surface area contributed by atoms with Gasteiger partial charge in [0, 0.05) is 19.7 Å². The molecule has 102 valence electrons. The fraction of sp³-hybridized carbons (Fsp3) is 0.667. The van der Waals surface area contributed by atoms with E-state index >= 15 is 0 Å². The number of nitrogens with zero attached hydrogens (tertiary/aromatic N) is 2. The molecule has 0 aliphatic carbocycles. The third-order valence-electron chi connectivity index (χ3n) is 2.53. The Hall–Kier alpha value is -1.40. The molecule has 0 bridgehead atoms. The van der Waals surface area contributed by atoms with E-state index in [4.69, 9.17) is 10.6 Å². The molecule has 0 amide bonds. The van der Waals surface area contributed by atoms with E-state index in [2.05, 4.69) is 27.6 Å². The molecule has 0 aromatic carbocycles. The lowest BCUT2D eigenvalue weighted by Gasteiger charge is -2.09. The Morgan fingerprint density at radius 3 is 2.67 bits per heavy atom. The van der Waals surface area contributed by atoms with Crippen LogP contribution in [-0.4, -0.2) is 23.6 Å². The molecule has 0 unspecified atom stereocenters. The predicted molar refractivity (Wildman–Crippen MR) is 73.2 cm³/mol. The highest BCUT2D eigenvalue weighted by molar-refractivity contribution is 5.46. The number of methoxy groups -OCH3 is 1. The van der Waals surface area contributed by atoms with Crippen molar-refractivity contribution in [3.63, 3.8) is 0 Å². The first-order valence-corrected chi connectivity index (χ1v) is 6.37. The topological polar surface area (TPSA) is 85.1 Å². The first-order chi connectivity index (χ1) is 8.80. The van der Waals surface area contributed by atoms with Crippen LogP contribution < -0.4 is 16.6 Å². The number of hydrazine groups is 1. The summed E-state index contributed by atoms with van der Waals surface area (Å²) in [4.78, 5) is 8.53. The van der Waals surface area contributed by atoms with Gasteiger partial charge in [0.05, 0.1) is 0 Å². The van der Waals surface area contributed by atoms with E-state index in [-0.39, 0.29) is 0 Å². The highest BCUT2D eigenvalue weighted by atomic mass is 16.5. The standard InChI is InChI=1S/C12H23N5O/c1-3-4-5-6-7-14-10-8-11(17-13)16-12(15-10)9-18-2/h8H,3-7,9,13H2,1-2H3,(H2,14,15,16,17). The van der Waals surface area contributed by atoms with E-state index in [0.717, 1.165) is 18.8 Å². The van der Waals surface area contributed by atoms with Crippen molar-refractivity contribution in [2.24, 2.45) is 5.84 Å². The Balaban J connectivity index is 2.50. The van der Waals surface area contributed by atoms with Crippen molar-refractivity contribution in [3.8, 4) is 0 Å². The fourth-order valence-corrected chi connectivity index (χ4v) is 1.62. The van der Waals surface area contributed by atoms with Crippen LogP contribution in [0.2, 0.25) is 0 Å². The quantitative estimate of drug-likeness (QED) is 0.354. The molecule has 1 aromatic rings. The summed E-state index contributed by atoms with van der Waals surface area (Å²) >= 11 is 0. The highest BCUT2D eigenvalue weighted by Crippen LogP contribution is 2.11. The van der Waals surface area contributed by atoms with Crippen molar-refractivity contribution in [1.82, 2.24) is 9.97 Å². The maximum Gasteiger partial charge on any atom is 0.158 e. The molecule has 0 saturated heterocycles. The lowest BCUT2D eigenvalue weighted by Crippen LogP contribution is -2.13. The van der Waals surface area contributed by atoms with Crippen molar-refractivity contribution in [3.05, 3.63) is 11.9 Å². The summed E-state index contributed by atoms with van der Waals surface area (Å²) < 4.78 is 5.02. The SMILES string of the molecule is CCCCCCNc1cc(NN)nc(COC)n1. The molecule has 0 radical (unpaired) electrons. The second-order valence-corrected chi connectivity index (χ2v) is 4.12. The van der Waals surface area contributed by atoms with Crippen molar-refractivity contribution in [2.75, 3.05) is 24.4 Å². The lowest BCUT2D eigenvalue weighted by atomic mass is 10.2. The van der Waals surface area contributed by atoms with Gasteiger partial charge in [0.1, 0.15) is 18.2 Å². The van der Waals surface area contributed by atoms with Crippen LogP contribution in [0.25, 0.3) is 0 Å². The second kappa shape index (κ2) is 8.66. The average Bonchev–Trinajstić information content (AvgIpc) is 2.38. The van der Waals surface area contributed by atoms with Crippen molar-refractivity contribution < 1.29 is 4.74 Å². The third-order valence-corrected chi connectivity index (χ3v) is 2.53. The molecule has 1 aromatic heterocycles. The van der Waals surface area contributed by atoms with Gasteiger partial charge in [0.15, 0.2) is 5.82 Å². The predicted octanol–water partition coefficient (Wildman–Crippen LogP) is 1.90. The number of nitrogens with two attached hydrogens (primary N) is 1. The van der Waals surface area contributed by atoms with Crippen molar-refractivity contribution >= 4 is 11.6 Å². The first-order valence-electron chi connectivity index (χ1n) is 6.37. The fourth-order valence-electron chi connectivity index (χ4n) is 1.62. The molecular weight excluding hydrogens is 230 g/mol. The molecule has 0 aliphatic heterocycles. The summed E-state index contributed by atoms with van der Waals surface area (Å²) in [5.74, 6) is 7.35. The Labute approximate surface area is 108 Å². The van der Waals surface area contributed by atoms with Crippen molar-refractivity contribution in [2.45, 2.75) is 39.2 Å². The molecule has 4 N–H and O–H groups in total. The number of nitrogens with one attached hydrogen (secondary N) is 2. The van der Waals surface area contributed by atoms with Gasteiger partial charge in [-0.15, -0.1) is 0 Å². The van der Waals surface area contributed by atoms with Crippen LogP contribution in [0.1, 0.15) is 38.4 Å². The maximum atomic E-state index is 5.37. The van der Waals surface area contributed by atoms with Crippen LogP contribution in [0, 0.1) is 0 Å². The Morgan fingerprint density at radius 2 is 2.00 bits per heavy atom.